The van der Waals surface area contributed by atoms with Gasteiger partial charge in [0.1, 0.15) is 5.78 Å². The van der Waals surface area contributed by atoms with Crippen LogP contribution in [0, 0.1) is 0 Å². The minimum Gasteiger partial charge on any atom is -0.300 e. The Labute approximate surface area is 122 Å². The Hall–Kier alpha value is -1.16. The van der Waals surface area contributed by atoms with Crippen LogP contribution in [-0.2, 0) is 21.1 Å². The first-order valence-corrected chi connectivity index (χ1v) is 8.77. The molecule has 1 aromatic carbocycles. The molecule has 0 aromatic heterocycles. The van der Waals surface area contributed by atoms with Gasteiger partial charge in [-0.3, -0.25) is 4.79 Å². The molecule has 112 valence electrons. The van der Waals surface area contributed by atoms with E-state index in [0.29, 0.717) is 23.5 Å². The molecular weight excluding hydrogens is 272 g/mol. The van der Waals surface area contributed by atoms with Gasteiger partial charge in [0.15, 0.2) is 9.84 Å². The molecule has 0 spiro atoms. The van der Waals surface area contributed by atoms with Crippen LogP contribution in [0.4, 0.5) is 0 Å². The standard InChI is InChI=1S/C16H24O3S/c1-4-7-15(17)10-5-8-14-9-6-11-16(12-14)20(18,19)13(2)3/h6,9,11-13H,4-5,7-8,10H2,1-3H3. The molecule has 0 unspecified atom stereocenters. The van der Waals surface area contributed by atoms with Gasteiger partial charge in [0, 0.05) is 12.8 Å². The lowest BCUT2D eigenvalue weighted by atomic mass is 10.0. The van der Waals surface area contributed by atoms with Crippen LogP contribution in [0.1, 0.15) is 52.0 Å². The second-order valence-electron chi connectivity index (χ2n) is 5.38. The summed E-state index contributed by atoms with van der Waals surface area (Å²) in [6, 6.07) is 7.07. The molecule has 0 atom stereocenters. The van der Waals surface area contributed by atoms with Crippen LogP contribution in [0.25, 0.3) is 0 Å². The molecule has 0 aliphatic carbocycles. The Morgan fingerprint density at radius 1 is 1.20 bits per heavy atom. The van der Waals surface area contributed by atoms with Crippen molar-refractivity contribution in [2.24, 2.45) is 0 Å². The number of hydrogen-bond acceptors (Lipinski definition) is 3. The lowest BCUT2D eigenvalue weighted by Crippen LogP contribution is -2.14. The molecule has 0 heterocycles. The molecule has 1 rings (SSSR count). The van der Waals surface area contributed by atoms with E-state index in [4.69, 9.17) is 0 Å². The molecule has 4 heteroatoms. The average molecular weight is 296 g/mol. The van der Waals surface area contributed by atoms with Crippen molar-refractivity contribution in [3.05, 3.63) is 29.8 Å². The first-order chi connectivity index (χ1) is 9.37. The first kappa shape index (κ1) is 16.9. The van der Waals surface area contributed by atoms with Gasteiger partial charge in [-0.25, -0.2) is 8.42 Å². The predicted molar refractivity (Wildman–Crippen MR) is 81.6 cm³/mol. The number of carbonyl (C=O) groups excluding carboxylic acids is 1. The molecule has 0 radical (unpaired) electrons. The van der Waals surface area contributed by atoms with E-state index in [1.807, 2.05) is 13.0 Å². The lowest BCUT2D eigenvalue weighted by molar-refractivity contribution is -0.119. The number of hydrogen-bond donors (Lipinski definition) is 0. The Kier molecular flexibility index (Phi) is 6.40. The van der Waals surface area contributed by atoms with Gasteiger partial charge in [0.25, 0.3) is 0 Å². The average Bonchev–Trinajstić information content (AvgIpc) is 2.39. The molecule has 0 fully saturated rings. The van der Waals surface area contributed by atoms with Gasteiger partial charge in [-0.15, -0.1) is 0 Å². The third kappa shape index (κ3) is 4.75. The van der Waals surface area contributed by atoms with E-state index < -0.39 is 15.1 Å². The SMILES string of the molecule is CCCC(=O)CCCc1cccc(S(=O)(=O)C(C)C)c1. The molecule has 0 bridgehead atoms. The molecule has 0 saturated carbocycles. The van der Waals surface area contributed by atoms with E-state index in [1.54, 1.807) is 32.0 Å². The molecule has 0 N–H and O–H groups in total. The van der Waals surface area contributed by atoms with Crippen LogP contribution >= 0.6 is 0 Å². The van der Waals surface area contributed by atoms with E-state index in [-0.39, 0.29) is 0 Å². The van der Waals surface area contributed by atoms with Crippen LogP contribution in [-0.4, -0.2) is 19.5 Å². The maximum atomic E-state index is 12.1. The van der Waals surface area contributed by atoms with Gasteiger partial charge >= 0.3 is 0 Å². The lowest BCUT2D eigenvalue weighted by Gasteiger charge is -2.09. The Morgan fingerprint density at radius 2 is 1.90 bits per heavy atom. The molecular formula is C16H24O3S. The number of aryl methyl sites for hydroxylation is 1. The van der Waals surface area contributed by atoms with Crippen LogP contribution in [0.3, 0.4) is 0 Å². The van der Waals surface area contributed by atoms with Gasteiger partial charge in [-0.1, -0.05) is 19.1 Å². The molecule has 0 aliphatic heterocycles. The van der Waals surface area contributed by atoms with E-state index in [1.165, 1.54) is 0 Å². The highest BCUT2D eigenvalue weighted by atomic mass is 32.2. The Morgan fingerprint density at radius 3 is 2.50 bits per heavy atom. The van der Waals surface area contributed by atoms with E-state index in [2.05, 4.69) is 0 Å². The van der Waals surface area contributed by atoms with Crippen LogP contribution in [0.15, 0.2) is 29.2 Å². The summed E-state index contributed by atoms with van der Waals surface area (Å²) in [7, 11) is -3.22. The van der Waals surface area contributed by atoms with Gasteiger partial charge in [0.2, 0.25) is 0 Å². The van der Waals surface area contributed by atoms with Crippen molar-refractivity contribution in [1.29, 1.82) is 0 Å². The maximum absolute atomic E-state index is 12.1. The Bertz CT molecular complexity index is 545. The predicted octanol–water partition coefficient (Wildman–Crippen LogP) is 3.56. The summed E-state index contributed by atoms with van der Waals surface area (Å²) in [5.74, 6) is 0.290. The number of carbonyl (C=O) groups is 1. The van der Waals surface area contributed by atoms with Crippen LogP contribution in [0.2, 0.25) is 0 Å². The van der Waals surface area contributed by atoms with Crippen molar-refractivity contribution in [1.82, 2.24) is 0 Å². The number of benzene rings is 1. The smallest absolute Gasteiger partial charge is 0.180 e. The fraction of sp³-hybridized carbons (Fsp3) is 0.562. The highest BCUT2D eigenvalue weighted by Gasteiger charge is 2.19. The third-order valence-electron chi connectivity index (χ3n) is 3.30. The van der Waals surface area contributed by atoms with Crippen molar-refractivity contribution in [2.45, 2.75) is 63.0 Å². The van der Waals surface area contributed by atoms with Gasteiger partial charge < -0.3 is 0 Å². The Balaban J connectivity index is 2.68. The number of sulfone groups is 1. The third-order valence-corrected chi connectivity index (χ3v) is 5.45. The summed E-state index contributed by atoms with van der Waals surface area (Å²) in [5, 5.41) is -0.413. The van der Waals surface area contributed by atoms with Gasteiger partial charge in [0.05, 0.1) is 10.1 Å². The van der Waals surface area contributed by atoms with Crippen molar-refractivity contribution >= 4 is 15.6 Å². The minimum absolute atomic E-state index is 0.290. The zero-order valence-electron chi connectivity index (χ0n) is 12.6. The molecule has 0 amide bonds. The largest absolute Gasteiger partial charge is 0.300 e. The summed E-state index contributed by atoms with van der Waals surface area (Å²) < 4.78 is 24.2. The molecule has 3 nitrogen and oxygen atoms in total. The highest BCUT2D eigenvalue weighted by Crippen LogP contribution is 2.18. The summed E-state index contributed by atoms with van der Waals surface area (Å²) in [6.07, 6.45) is 3.64. The summed E-state index contributed by atoms with van der Waals surface area (Å²) >= 11 is 0. The quantitative estimate of drug-likeness (QED) is 0.737. The minimum atomic E-state index is -3.22. The second kappa shape index (κ2) is 7.58. The van der Waals surface area contributed by atoms with E-state index >= 15 is 0 Å². The van der Waals surface area contributed by atoms with Crippen molar-refractivity contribution in [3.63, 3.8) is 0 Å². The topological polar surface area (TPSA) is 51.2 Å². The van der Waals surface area contributed by atoms with Crippen LogP contribution in [0.5, 0.6) is 0 Å². The van der Waals surface area contributed by atoms with Crippen molar-refractivity contribution in [2.75, 3.05) is 0 Å². The monoisotopic (exact) mass is 296 g/mol. The van der Waals surface area contributed by atoms with Gasteiger partial charge in [-0.2, -0.15) is 0 Å². The zero-order chi connectivity index (χ0) is 15.2. The van der Waals surface area contributed by atoms with Gasteiger partial charge in [-0.05, 0) is 50.8 Å². The fourth-order valence-electron chi connectivity index (χ4n) is 2.04. The molecule has 20 heavy (non-hydrogen) atoms. The summed E-state index contributed by atoms with van der Waals surface area (Å²) in [4.78, 5) is 11.8. The summed E-state index contributed by atoms with van der Waals surface area (Å²) in [5.41, 5.74) is 0.982. The molecule has 0 aliphatic rings. The second-order valence-corrected chi connectivity index (χ2v) is 7.89. The number of rotatable bonds is 8. The fourth-order valence-corrected chi connectivity index (χ4v) is 3.17. The normalized spacial score (nSPS) is 11.8. The van der Waals surface area contributed by atoms with Crippen molar-refractivity contribution < 1.29 is 13.2 Å². The van der Waals surface area contributed by atoms with Crippen molar-refractivity contribution in [3.8, 4) is 0 Å². The first-order valence-electron chi connectivity index (χ1n) is 7.22. The van der Waals surface area contributed by atoms with E-state index in [0.717, 1.165) is 24.8 Å². The zero-order valence-corrected chi connectivity index (χ0v) is 13.4. The number of ketones is 1. The molecule has 1 aromatic rings. The maximum Gasteiger partial charge on any atom is 0.180 e. The highest BCUT2D eigenvalue weighted by molar-refractivity contribution is 7.92. The summed E-state index contributed by atoms with van der Waals surface area (Å²) in [6.45, 7) is 5.37. The molecule has 0 saturated heterocycles. The van der Waals surface area contributed by atoms with Crippen LogP contribution < -0.4 is 0 Å². The number of Topliss-reactive ketones (excluding diaryl/α,β-unsaturated/α-hetero) is 1. The van der Waals surface area contributed by atoms with E-state index in [9.17, 15) is 13.2 Å².